The summed E-state index contributed by atoms with van der Waals surface area (Å²) >= 11 is 0. The van der Waals surface area contributed by atoms with Gasteiger partial charge in [-0.25, -0.2) is 0 Å². The Kier molecular flexibility index (Phi) is 3.18. The number of nitrogens with zero attached hydrogens (tertiary/aromatic N) is 1. The highest BCUT2D eigenvalue weighted by Gasteiger charge is 2.16. The molecule has 2 rings (SSSR count). The molecule has 1 aromatic heterocycles. The van der Waals surface area contributed by atoms with Crippen molar-refractivity contribution < 1.29 is 0 Å². The number of rotatable bonds is 1. The Morgan fingerprint density at radius 1 is 1.14 bits per heavy atom. The summed E-state index contributed by atoms with van der Waals surface area (Å²) < 4.78 is 0. The molecule has 0 atom stereocenters. The molecule has 76 valence electrons. The SMILES string of the molecule is Cc1cccnc1C1CCCCCC1. The highest BCUT2D eigenvalue weighted by Crippen LogP contribution is 2.31. The van der Waals surface area contributed by atoms with Gasteiger partial charge in [-0.2, -0.15) is 0 Å². The lowest BCUT2D eigenvalue weighted by atomic mass is 9.93. The van der Waals surface area contributed by atoms with E-state index in [4.69, 9.17) is 0 Å². The van der Waals surface area contributed by atoms with Crippen molar-refractivity contribution >= 4 is 0 Å². The van der Waals surface area contributed by atoms with E-state index < -0.39 is 0 Å². The maximum absolute atomic E-state index is 4.54. The van der Waals surface area contributed by atoms with Gasteiger partial charge in [0.2, 0.25) is 0 Å². The Morgan fingerprint density at radius 2 is 1.86 bits per heavy atom. The topological polar surface area (TPSA) is 12.9 Å². The van der Waals surface area contributed by atoms with Gasteiger partial charge in [-0.1, -0.05) is 31.7 Å². The highest BCUT2D eigenvalue weighted by molar-refractivity contribution is 5.21. The maximum atomic E-state index is 4.54. The number of aryl methyl sites for hydroxylation is 1. The van der Waals surface area contributed by atoms with Gasteiger partial charge in [-0.3, -0.25) is 4.98 Å². The number of hydrogen-bond acceptors (Lipinski definition) is 1. The van der Waals surface area contributed by atoms with Gasteiger partial charge >= 0.3 is 0 Å². The molecule has 14 heavy (non-hydrogen) atoms. The van der Waals surface area contributed by atoms with Crippen LogP contribution in [-0.2, 0) is 0 Å². The lowest BCUT2D eigenvalue weighted by molar-refractivity contribution is 0.574. The van der Waals surface area contributed by atoms with Crippen LogP contribution in [0.5, 0.6) is 0 Å². The van der Waals surface area contributed by atoms with Crippen molar-refractivity contribution in [2.75, 3.05) is 0 Å². The minimum absolute atomic E-state index is 0.735. The Bertz CT molecular complexity index is 285. The summed E-state index contributed by atoms with van der Waals surface area (Å²) in [7, 11) is 0. The molecule has 1 nitrogen and oxygen atoms in total. The second-order valence-corrected chi connectivity index (χ2v) is 4.39. The first kappa shape index (κ1) is 9.70. The van der Waals surface area contributed by atoms with Crippen LogP contribution < -0.4 is 0 Å². The molecular weight excluding hydrogens is 170 g/mol. The molecule has 0 radical (unpaired) electrons. The molecule has 1 aromatic rings. The average Bonchev–Trinajstić information content (AvgIpc) is 2.47. The molecule has 0 amide bonds. The maximum Gasteiger partial charge on any atom is 0.0463 e. The standard InChI is InChI=1S/C13H19N/c1-11-7-6-10-14-13(11)12-8-4-2-3-5-9-12/h6-7,10,12H,2-5,8-9H2,1H3. The zero-order valence-corrected chi connectivity index (χ0v) is 9.00. The molecule has 0 N–H and O–H groups in total. The van der Waals surface area contributed by atoms with Crippen molar-refractivity contribution in [1.82, 2.24) is 4.98 Å². The summed E-state index contributed by atoms with van der Waals surface area (Å²) in [5.74, 6) is 0.735. The van der Waals surface area contributed by atoms with Crippen LogP contribution in [0, 0.1) is 6.92 Å². The van der Waals surface area contributed by atoms with Crippen LogP contribution in [0.2, 0.25) is 0 Å². The van der Waals surface area contributed by atoms with E-state index in [0.29, 0.717) is 0 Å². The summed E-state index contributed by atoms with van der Waals surface area (Å²) in [4.78, 5) is 4.54. The van der Waals surface area contributed by atoms with Crippen molar-refractivity contribution in [2.45, 2.75) is 51.4 Å². The van der Waals surface area contributed by atoms with E-state index in [1.54, 1.807) is 0 Å². The molecule has 0 aliphatic heterocycles. The number of pyridine rings is 1. The normalized spacial score (nSPS) is 19.2. The summed E-state index contributed by atoms with van der Waals surface area (Å²) in [6.07, 6.45) is 10.2. The highest BCUT2D eigenvalue weighted by atomic mass is 14.7. The Morgan fingerprint density at radius 3 is 2.50 bits per heavy atom. The first-order valence-corrected chi connectivity index (χ1v) is 5.79. The molecule has 0 saturated heterocycles. The summed E-state index contributed by atoms with van der Waals surface area (Å²) in [6.45, 7) is 2.19. The predicted octanol–water partition coefficient (Wildman–Crippen LogP) is 3.83. The van der Waals surface area contributed by atoms with Gasteiger partial charge in [0, 0.05) is 17.8 Å². The van der Waals surface area contributed by atoms with Crippen LogP contribution in [0.15, 0.2) is 18.3 Å². The van der Waals surface area contributed by atoms with Gasteiger partial charge in [0.05, 0.1) is 0 Å². The first-order valence-electron chi connectivity index (χ1n) is 5.79. The minimum atomic E-state index is 0.735. The molecule has 0 spiro atoms. The second kappa shape index (κ2) is 4.59. The zero-order chi connectivity index (χ0) is 9.80. The van der Waals surface area contributed by atoms with Crippen molar-refractivity contribution in [2.24, 2.45) is 0 Å². The lowest BCUT2D eigenvalue weighted by Crippen LogP contribution is -2.02. The number of hydrogen-bond donors (Lipinski definition) is 0. The van der Waals surface area contributed by atoms with E-state index in [1.165, 1.54) is 49.8 Å². The second-order valence-electron chi connectivity index (χ2n) is 4.39. The van der Waals surface area contributed by atoms with E-state index in [0.717, 1.165) is 5.92 Å². The van der Waals surface area contributed by atoms with Crippen molar-refractivity contribution in [3.63, 3.8) is 0 Å². The smallest absolute Gasteiger partial charge is 0.0463 e. The fourth-order valence-corrected chi connectivity index (χ4v) is 2.48. The quantitative estimate of drug-likeness (QED) is 0.612. The van der Waals surface area contributed by atoms with Crippen molar-refractivity contribution in [1.29, 1.82) is 0 Å². The molecule has 1 heterocycles. The average molecular weight is 189 g/mol. The third-order valence-electron chi connectivity index (χ3n) is 3.29. The van der Waals surface area contributed by atoms with Gasteiger partial charge in [-0.05, 0) is 31.4 Å². The molecule has 1 saturated carbocycles. The van der Waals surface area contributed by atoms with E-state index in [-0.39, 0.29) is 0 Å². The zero-order valence-electron chi connectivity index (χ0n) is 9.00. The molecule has 0 aromatic carbocycles. The monoisotopic (exact) mass is 189 g/mol. The van der Waals surface area contributed by atoms with Crippen LogP contribution in [0.3, 0.4) is 0 Å². The van der Waals surface area contributed by atoms with Gasteiger partial charge in [-0.15, -0.1) is 0 Å². The van der Waals surface area contributed by atoms with Crippen LogP contribution in [0.1, 0.15) is 55.7 Å². The summed E-state index contributed by atoms with van der Waals surface area (Å²) in [6, 6.07) is 4.22. The van der Waals surface area contributed by atoms with Gasteiger partial charge in [0.15, 0.2) is 0 Å². The molecule has 1 fully saturated rings. The van der Waals surface area contributed by atoms with Crippen LogP contribution in [-0.4, -0.2) is 4.98 Å². The Hall–Kier alpha value is -0.850. The van der Waals surface area contributed by atoms with Crippen LogP contribution in [0.4, 0.5) is 0 Å². The van der Waals surface area contributed by atoms with Gasteiger partial charge < -0.3 is 0 Å². The minimum Gasteiger partial charge on any atom is -0.261 e. The summed E-state index contributed by atoms with van der Waals surface area (Å²) in [5.41, 5.74) is 2.73. The van der Waals surface area contributed by atoms with Gasteiger partial charge in [0.25, 0.3) is 0 Å². The van der Waals surface area contributed by atoms with Crippen molar-refractivity contribution in [3.05, 3.63) is 29.6 Å². The Balaban J connectivity index is 2.16. The van der Waals surface area contributed by atoms with E-state index in [2.05, 4.69) is 18.0 Å². The predicted molar refractivity (Wildman–Crippen MR) is 59.4 cm³/mol. The number of aromatic nitrogens is 1. The molecule has 0 bridgehead atoms. The molecule has 1 aliphatic rings. The summed E-state index contributed by atoms with van der Waals surface area (Å²) in [5, 5.41) is 0. The third-order valence-corrected chi connectivity index (χ3v) is 3.29. The van der Waals surface area contributed by atoms with E-state index in [9.17, 15) is 0 Å². The van der Waals surface area contributed by atoms with Crippen LogP contribution in [0.25, 0.3) is 0 Å². The Labute approximate surface area is 86.6 Å². The van der Waals surface area contributed by atoms with Crippen LogP contribution >= 0.6 is 0 Å². The molecule has 1 heteroatoms. The molecule has 0 unspecified atom stereocenters. The fourth-order valence-electron chi connectivity index (χ4n) is 2.48. The van der Waals surface area contributed by atoms with Crippen molar-refractivity contribution in [3.8, 4) is 0 Å². The first-order chi connectivity index (χ1) is 6.88. The largest absolute Gasteiger partial charge is 0.261 e. The van der Waals surface area contributed by atoms with Gasteiger partial charge in [0.1, 0.15) is 0 Å². The molecular formula is C13H19N. The van der Waals surface area contributed by atoms with E-state index in [1.807, 2.05) is 12.3 Å². The molecule has 1 aliphatic carbocycles. The fraction of sp³-hybridized carbons (Fsp3) is 0.615. The lowest BCUT2D eigenvalue weighted by Gasteiger charge is -2.15. The third kappa shape index (κ3) is 2.14. The van der Waals surface area contributed by atoms with E-state index >= 15 is 0 Å².